The Morgan fingerprint density at radius 2 is 2.19 bits per heavy atom. The summed E-state index contributed by atoms with van der Waals surface area (Å²) in [5.74, 6) is -2.68. The maximum Gasteiger partial charge on any atom is 0.359 e. The van der Waals surface area contributed by atoms with Crippen molar-refractivity contribution in [2.75, 3.05) is 19.9 Å². The largest absolute Gasteiger partial charge is 0.399 e. The number of rotatable bonds is 9. The highest BCUT2D eigenvalue weighted by Gasteiger charge is 2.30. The third-order valence-electron chi connectivity index (χ3n) is 4.78. The molecule has 172 valence electrons. The molecule has 0 spiro atoms. The number of pyridine rings is 2. The van der Waals surface area contributed by atoms with Crippen LogP contribution in [0.4, 0.5) is 4.39 Å². The van der Waals surface area contributed by atoms with Crippen molar-refractivity contribution in [2.24, 2.45) is 16.8 Å². The number of nitrogens with one attached hydrogen (secondary N) is 1. The molecule has 2 aromatic heterocycles. The molecule has 2 aromatic rings. The molecular weight excluding hydrogens is 445 g/mol. The summed E-state index contributed by atoms with van der Waals surface area (Å²) in [5, 5.41) is 11.7. The van der Waals surface area contributed by atoms with E-state index in [-0.39, 0.29) is 41.4 Å². The number of nitrogens with zero attached hydrogens (tertiary/aromatic N) is 3. The zero-order valence-electron chi connectivity index (χ0n) is 17.4. The van der Waals surface area contributed by atoms with E-state index >= 15 is 0 Å². The van der Waals surface area contributed by atoms with Gasteiger partial charge in [0.05, 0.1) is 17.4 Å². The summed E-state index contributed by atoms with van der Waals surface area (Å²) in [6.45, 7) is 0.142. The van der Waals surface area contributed by atoms with E-state index in [2.05, 4.69) is 19.2 Å². The van der Waals surface area contributed by atoms with Crippen LogP contribution in [0.25, 0.3) is 11.0 Å². The summed E-state index contributed by atoms with van der Waals surface area (Å²) >= 11 is 0. The molecule has 0 saturated heterocycles. The van der Waals surface area contributed by atoms with Gasteiger partial charge in [0.2, 0.25) is 5.43 Å². The average Bonchev–Trinajstić information content (AvgIpc) is 3.55. The Morgan fingerprint density at radius 1 is 1.50 bits per heavy atom. The van der Waals surface area contributed by atoms with Gasteiger partial charge in [-0.25, -0.2) is 14.2 Å². The van der Waals surface area contributed by atoms with Gasteiger partial charge < -0.3 is 24.7 Å². The molecule has 0 bridgehead atoms. The molecule has 13 heteroatoms. The van der Waals surface area contributed by atoms with Crippen LogP contribution >= 0.6 is 0 Å². The predicted octanol–water partition coefficient (Wildman–Crippen LogP) is 0.952. The summed E-state index contributed by atoms with van der Waals surface area (Å²) in [6, 6.07) is 0.791. The van der Waals surface area contributed by atoms with Crippen LogP contribution in [0.1, 0.15) is 41.4 Å². The van der Waals surface area contributed by atoms with Crippen molar-refractivity contribution in [2.45, 2.75) is 25.3 Å². The van der Waals surface area contributed by atoms with Crippen LogP contribution in [0.2, 0.25) is 0 Å². The molecule has 2 heterocycles. The summed E-state index contributed by atoms with van der Waals surface area (Å²) in [6.07, 6.45) is 4.75. The number of hydrogen-bond donors (Lipinski definition) is 2. The Labute approximate surface area is 182 Å². The fourth-order valence-corrected chi connectivity index (χ4v) is 3.48. The zero-order chi connectivity index (χ0) is 23.6. The van der Waals surface area contributed by atoms with E-state index in [1.165, 1.54) is 24.1 Å². The lowest BCUT2D eigenvalue weighted by molar-refractivity contribution is 0.0746. The van der Waals surface area contributed by atoms with E-state index in [1.807, 2.05) is 0 Å². The van der Waals surface area contributed by atoms with Crippen molar-refractivity contribution in [1.29, 1.82) is 5.41 Å². The third kappa shape index (κ3) is 5.16. The van der Waals surface area contributed by atoms with Crippen molar-refractivity contribution in [3.05, 3.63) is 39.6 Å². The smallest absolute Gasteiger partial charge is 0.359 e. The van der Waals surface area contributed by atoms with Crippen LogP contribution in [-0.4, -0.2) is 55.8 Å². The van der Waals surface area contributed by atoms with Gasteiger partial charge >= 0.3 is 16.1 Å². The normalized spacial score (nSPS) is 15.1. The molecule has 3 rings (SSSR count). The molecule has 11 nitrogen and oxygen atoms in total. The number of fused-ring (bicyclic) bond motifs is 1. The van der Waals surface area contributed by atoms with Crippen LogP contribution in [0.15, 0.2) is 22.2 Å². The maximum absolute atomic E-state index is 14.9. The molecular formula is C19H22FN5O6S. The number of carbonyl (C=O) groups is 1. The van der Waals surface area contributed by atoms with Gasteiger partial charge in [0.1, 0.15) is 24.0 Å². The molecule has 3 N–H and O–H groups in total. The Hall–Kier alpha value is -3.19. The Morgan fingerprint density at radius 3 is 2.75 bits per heavy atom. The molecule has 1 aliphatic carbocycles. The summed E-state index contributed by atoms with van der Waals surface area (Å²) in [7, 11) is -2.79. The highest BCUT2D eigenvalue weighted by Crippen LogP contribution is 2.36. The first-order valence-electron chi connectivity index (χ1n) is 9.59. The van der Waals surface area contributed by atoms with E-state index in [0.717, 1.165) is 18.9 Å². The fraction of sp³-hybridized carbons (Fsp3) is 0.421. The SMILES string of the molecule is CO/N=C\C(CN)CC(=N)c1nc2c(cc1F)c(=O)c(C(=O)OS(C)(=O)=O)cn2C1CC1. The standard InChI is InChI=1S/C19H22FN5O6S/c1-30-23-8-10(7-21)5-15(22)16-14(20)6-12-17(26)13(19(27)31-32(2,28)29)9-25(11-3-4-11)18(12)24-16/h6,8-11,22H,3-5,7,21H2,1-2H3/b22-15?,23-8-. The van der Waals surface area contributed by atoms with Gasteiger partial charge in [-0.1, -0.05) is 5.16 Å². The number of carbonyl (C=O) groups excluding carboxylic acids is 1. The zero-order valence-corrected chi connectivity index (χ0v) is 18.2. The summed E-state index contributed by atoms with van der Waals surface area (Å²) < 4.78 is 43.3. The molecule has 0 radical (unpaired) electrons. The van der Waals surface area contributed by atoms with Crippen LogP contribution in [0.3, 0.4) is 0 Å². The minimum Gasteiger partial charge on any atom is -0.399 e. The molecule has 1 aliphatic rings. The van der Waals surface area contributed by atoms with Gasteiger partial charge in [-0.05, 0) is 18.9 Å². The van der Waals surface area contributed by atoms with Gasteiger partial charge in [0, 0.05) is 37.3 Å². The van der Waals surface area contributed by atoms with E-state index in [0.29, 0.717) is 6.26 Å². The second kappa shape index (κ2) is 9.12. The topological polar surface area (TPSA) is 167 Å². The van der Waals surface area contributed by atoms with E-state index in [9.17, 15) is 22.4 Å². The van der Waals surface area contributed by atoms with Gasteiger partial charge in [0.15, 0.2) is 5.82 Å². The number of oxime groups is 1. The lowest BCUT2D eigenvalue weighted by Crippen LogP contribution is -2.24. The fourth-order valence-electron chi connectivity index (χ4n) is 3.12. The first kappa shape index (κ1) is 23.5. The third-order valence-corrected chi connectivity index (χ3v) is 5.23. The highest BCUT2D eigenvalue weighted by atomic mass is 32.2. The summed E-state index contributed by atoms with van der Waals surface area (Å²) in [5.41, 5.74) is 3.87. The van der Waals surface area contributed by atoms with E-state index < -0.39 is 38.8 Å². The predicted molar refractivity (Wildman–Crippen MR) is 114 cm³/mol. The molecule has 32 heavy (non-hydrogen) atoms. The highest BCUT2D eigenvalue weighted by molar-refractivity contribution is 7.86. The summed E-state index contributed by atoms with van der Waals surface area (Å²) in [4.78, 5) is 33.9. The number of hydrogen-bond acceptors (Lipinski definition) is 10. The second-order valence-electron chi connectivity index (χ2n) is 7.39. The minimum atomic E-state index is -4.15. The minimum absolute atomic E-state index is 0.0330. The average molecular weight is 467 g/mol. The second-order valence-corrected chi connectivity index (χ2v) is 8.97. The molecule has 0 aromatic carbocycles. The maximum atomic E-state index is 14.9. The van der Waals surface area contributed by atoms with Crippen molar-refractivity contribution in [3.8, 4) is 0 Å². The monoisotopic (exact) mass is 467 g/mol. The van der Waals surface area contributed by atoms with Crippen LogP contribution in [-0.2, 0) is 19.1 Å². The quantitative estimate of drug-likeness (QED) is 0.312. The first-order valence-corrected chi connectivity index (χ1v) is 11.4. The molecule has 1 unspecified atom stereocenters. The molecule has 0 amide bonds. The van der Waals surface area contributed by atoms with Crippen LogP contribution in [0.5, 0.6) is 0 Å². The lowest BCUT2D eigenvalue weighted by Gasteiger charge is -2.14. The Kier molecular flexibility index (Phi) is 6.69. The molecule has 1 atom stereocenters. The van der Waals surface area contributed by atoms with Crippen LogP contribution < -0.4 is 11.2 Å². The number of aromatic nitrogens is 2. The number of halogens is 1. The number of nitrogens with two attached hydrogens (primary N) is 1. The van der Waals surface area contributed by atoms with Crippen molar-refractivity contribution >= 4 is 39.0 Å². The van der Waals surface area contributed by atoms with Crippen LogP contribution in [0, 0.1) is 17.1 Å². The lowest BCUT2D eigenvalue weighted by atomic mass is 10.0. The van der Waals surface area contributed by atoms with E-state index in [4.69, 9.17) is 11.1 Å². The molecule has 1 saturated carbocycles. The Bertz CT molecular complexity index is 1270. The van der Waals surface area contributed by atoms with Gasteiger partial charge in [-0.2, -0.15) is 8.42 Å². The Balaban J connectivity index is 2.10. The first-order chi connectivity index (χ1) is 15.1. The van der Waals surface area contributed by atoms with Crippen molar-refractivity contribution in [1.82, 2.24) is 9.55 Å². The molecule has 1 fully saturated rings. The molecule has 0 aliphatic heterocycles. The van der Waals surface area contributed by atoms with Gasteiger partial charge in [-0.15, -0.1) is 0 Å². The van der Waals surface area contributed by atoms with Gasteiger partial charge in [-0.3, -0.25) is 4.79 Å². The van der Waals surface area contributed by atoms with Crippen molar-refractivity contribution < 1.29 is 26.6 Å². The van der Waals surface area contributed by atoms with E-state index in [1.54, 1.807) is 0 Å². The van der Waals surface area contributed by atoms with Gasteiger partial charge in [0.25, 0.3) is 0 Å². The van der Waals surface area contributed by atoms with Crippen molar-refractivity contribution in [3.63, 3.8) is 0 Å².